The summed E-state index contributed by atoms with van der Waals surface area (Å²) < 4.78 is 1.59. The molecule has 0 saturated carbocycles. The standard InChI is InChI=1S/C12H11N5O3/c1-16-3-2-11(15-16)13-9-6-8-7(5-12(18)14-8)4-10(9)17(19)20/h2-4,6H,5H2,1H3,(H,13,15)(H,14,18). The highest BCUT2D eigenvalue weighted by atomic mass is 16.6. The number of nitro groups is 1. The quantitative estimate of drug-likeness (QED) is 0.652. The smallest absolute Gasteiger partial charge is 0.293 e. The van der Waals surface area contributed by atoms with Crippen LogP contribution in [0.25, 0.3) is 0 Å². The van der Waals surface area contributed by atoms with E-state index in [1.54, 1.807) is 30.1 Å². The zero-order valence-corrected chi connectivity index (χ0v) is 10.6. The molecule has 0 bridgehead atoms. The first-order chi connectivity index (χ1) is 9.52. The highest BCUT2D eigenvalue weighted by molar-refractivity contribution is 6.00. The van der Waals surface area contributed by atoms with Crippen LogP contribution in [-0.4, -0.2) is 20.6 Å². The Morgan fingerprint density at radius 3 is 2.95 bits per heavy atom. The molecule has 102 valence electrons. The summed E-state index contributed by atoms with van der Waals surface area (Å²) >= 11 is 0. The van der Waals surface area contributed by atoms with Crippen LogP contribution in [0.15, 0.2) is 24.4 Å². The van der Waals surface area contributed by atoms with Crippen molar-refractivity contribution in [1.82, 2.24) is 9.78 Å². The van der Waals surface area contributed by atoms with Crippen LogP contribution in [-0.2, 0) is 18.3 Å². The number of nitro benzene ring substituents is 1. The molecule has 2 heterocycles. The first kappa shape index (κ1) is 12.2. The average molecular weight is 273 g/mol. The van der Waals surface area contributed by atoms with Gasteiger partial charge in [-0.2, -0.15) is 5.10 Å². The number of aromatic nitrogens is 2. The summed E-state index contributed by atoms with van der Waals surface area (Å²) in [5, 5.41) is 20.8. The predicted octanol–water partition coefficient (Wildman–Crippen LogP) is 1.57. The third-order valence-electron chi connectivity index (χ3n) is 3.02. The zero-order valence-electron chi connectivity index (χ0n) is 10.6. The summed E-state index contributed by atoms with van der Waals surface area (Å²) in [4.78, 5) is 22.0. The van der Waals surface area contributed by atoms with Crippen molar-refractivity contribution in [3.63, 3.8) is 0 Å². The lowest BCUT2D eigenvalue weighted by atomic mass is 10.1. The van der Waals surface area contributed by atoms with Gasteiger partial charge in [0, 0.05) is 31.1 Å². The summed E-state index contributed by atoms with van der Waals surface area (Å²) in [6.07, 6.45) is 1.89. The number of aryl methyl sites for hydroxylation is 1. The van der Waals surface area contributed by atoms with Crippen LogP contribution < -0.4 is 10.6 Å². The Hall–Kier alpha value is -2.90. The molecule has 8 heteroatoms. The largest absolute Gasteiger partial charge is 0.333 e. The molecule has 0 radical (unpaired) electrons. The molecule has 1 aromatic heterocycles. The molecular formula is C12H11N5O3. The maximum Gasteiger partial charge on any atom is 0.293 e. The molecule has 0 aliphatic carbocycles. The molecule has 8 nitrogen and oxygen atoms in total. The van der Waals surface area contributed by atoms with E-state index in [1.807, 2.05) is 0 Å². The zero-order chi connectivity index (χ0) is 14.3. The van der Waals surface area contributed by atoms with Gasteiger partial charge < -0.3 is 10.6 Å². The molecule has 0 saturated heterocycles. The predicted molar refractivity (Wildman–Crippen MR) is 71.9 cm³/mol. The molecule has 1 aromatic carbocycles. The van der Waals surface area contributed by atoms with E-state index in [2.05, 4.69) is 15.7 Å². The van der Waals surface area contributed by atoms with Gasteiger partial charge in [-0.15, -0.1) is 0 Å². The minimum atomic E-state index is -0.478. The molecule has 3 rings (SSSR count). The van der Waals surface area contributed by atoms with Gasteiger partial charge in [0.15, 0.2) is 5.82 Å². The van der Waals surface area contributed by atoms with Crippen LogP contribution in [0.5, 0.6) is 0 Å². The number of hydrogen-bond donors (Lipinski definition) is 2. The number of carbonyl (C=O) groups is 1. The van der Waals surface area contributed by atoms with Crippen LogP contribution >= 0.6 is 0 Å². The summed E-state index contributed by atoms with van der Waals surface area (Å²) in [6, 6.07) is 4.68. The van der Waals surface area contributed by atoms with Crippen molar-refractivity contribution in [3.8, 4) is 0 Å². The highest BCUT2D eigenvalue weighted by Crippen LogP contribution is 2.35. The summed E-state index contributed by atoms with van der Waals surface area (Å²) in [7, 11) is 1.75. The molecule has 0 atom stereocenters. The lowest BCUT2D eigenvalue weighted by Gasteiger charge is -2.07. The molecule has 1 aliphatic heterocycles. The molecule has 0 spiro atoms. The topological polar surface area (TPSA) is 102 Å². The normalized spacial score (nSPS) is 12.9. The number of nitrogens with one attached hydrogen (secondary N) is 2. The van der Waals surface area contributed by atoms with Gasteiger partial charge in [-0.25, -0.2) is 0 Å². The van der Waals surface area contributed by atoms with E-state index in [1.165, 1.54) is 6.07 Å². The van der Waals surface area contributed by atoms with E-state index in [4.69, 9.17) is 0 Å². The SMILES string of the molecule is Cn1ccc(Nc2cc3c(cc2[N+](=O)[O-])CC(=O)N3)n1. The Morgan fingerprint density at radius 2 is 2.30 bits per heavy atom. The number of carbonyl (C=O) groups excluding carboxylic acids is 1. The molecule has 1 aliphatic rings. The fourth-order valence-electron chi connectivity index (χ4n) is 2.13. The van der Waals surface area contributed by atoms with E-state index < -0.39 is 4.92 Å². The van der Waals surface area contributed by atoms with Crippen molar-refractivity contribution < 1.29 is 9.72 Å². The lowest BCUT2D eigenvalue weighted by Crippen LogP contribution is -2.03. The Balaban J connectivity index is 2.03. The van der Waals surface area contributed by atoms with Crippen molar-refractivity contribution in [2.75, 3.05) is 10.6 Å². The summed E-state index contributed by atoms with van der Waals surface area (Å²) in [5.41, 5.74) is 1.45. The van der Waals surface area contributed by atoms with Gasteiger partial charge in [-0.1, -0.05) is 0 Å². The average Bonchev–Trinajstić information content (AvgIpc) is 2.92. The van der Waals surface area contributed by atoms with Crippen LogP contribution in [0.3, 0.4) is 0 Å². The number of nitrogens with zero attached hydrogens (tertiary/aromatic N) is 3. The van der Waals surface area contributed by atoms with Gasteiger partial charge >= 0.3 is 0 Å². The van der Waals surface area contributed by atoms with Crippen LogP contribution in [0.1, 0.15) is 5.56 Å². The van der Waals surface area contributed by atoms with Gasteiger partial charge in [0.05, 0.1) is 11.3 Å². The third-order valence-corrected chi connectivity index (χ3v) is 3.02. The van der Waals surface area contributed by atoms with E-state index in [-0.39, 0.29) is 18.0 Å². The van der Waals surface area contributed by atoms with Crippen LogP contribution in [0.4, 0.5) is 22.9 Å². The summed E-state index contributed by atoms with van der Waals surface area (Å²) in [5.74, 6) is 0.337. The maximum atomic E-state index is 11.3. The Morgan fingerprint density at radius 1 is 1.50 bits per heavy atom. The number of anilines is 3. The van der Waals surface area contributed by atoms with Gasteiger partial charge in [0.2, 0.25) is 5.91 Å². The summed E-state index contributed by atoms with van der Waals surface area (Å²) in [6.45, 7) is 0. The monoisotopic (exact) mass is 273 g/mol. The van der Waals surface area contributed by atoms with Gasteiger partial charge in [0.1, 0.15) is 5.69 Å². The number of fused-ring (bicyclic) bond motifs is 1. The molecule has 20 heavy (non-hydrogen) atoms. The third kappa shape index (κ3) is 2.07. The molecule has 2 N–H and O–H groups in total. The van der Waals surface area contributed by atoms with E-state index in [0.717, 1.165) is 0 Å². The highest BCUT2D eigenvalue weighted by Gasteiger charge is 2.24. The van der Waals surface area contributed by atoms with Crippen molar-refractivity contribution in [2.45, 2.75) is 6.42 Å². The Labute approximate surface area is 113 Å². The maximum absolute atomic E-state index is 11.3. The van der Waals surface area contributed by atoms with Crippen molar-refractivity contribution in [1.29, 1.82) is 0 Å². The fourth-order valence-corrected chi connectivity index (χ4v) is 2.13. The van der Waals surface area contributed by atoms with E-state index >= 15 is 0 Å². The van der Waals surface area contributed by atoms with Crippen molar-refractivity contribution in [3.05, 3.63) is 40.1 Å². The van der Waals surface area contributed by atoms with E-state index in [0.29, 0.717) is 22.8 Å². The second-order valence-electron chi connectivity index (χ2n) is 4.51. The van der Waals surface area contributed by atoms with Crippen molar-refractivity contribution >= 4 is 28.8 Å². The van der Waals surface area contributed by atoms with Gasteiger partial charge in [-0.3, -0.25) is 19.6 Å². The van der Waals surface area contributed by atoms with Crippen LogP contribution in [0, 0.1) is 10.1 Å². The molecule has 2 aromatic rings. The molecule has 0 unspecified atom stereocenters. The van der Waals surface area contributed by atoms with E-state index in [9.17, 15) is 14.9 Å². The van der Waals surface area contributed by atoms with Gasteiger partial charge in [0.25, 0.3) is 5.69 Å². The Bertz CT molecular complexity index is 722. The molecular weight excluding hydrogens is 262 g/mol. The first-order valence-electron chi connectivity index (χ1n) is 5.91. The minimum Gasteiger partial charge on any atom is -0.333 e. The second-order valence-corrected chi connectivity index (χ2v) is 4.51. The lowest BCUT2D eigenvalue weighted by molar-refractivity contribution is -0.383. The van der Waals surface area contributed by atoms with Crippen molar-refractivity contribution in [2.24, 2.45) is 7.05 Å². The number of amides is 1. The first-order valence-corrected chi connectivity index (χ1v) is 5.91. The Kier molecular flexibility index (Phi) is 2.63. The molecule has 1 amide bonds. The fraction of sp³-hybridized carbons (Fsp3) is 0.167. The van der Waals surface area contributed by atoms with Crippen LogP contribution in [0.2, 0.25) is 0 Å². The number of benzene rings is 1. The number of hydrogen-bond acceptors (Lipinski definition) is 5. The molecule has 0 fully saturated rings. The van der Waals surface area contributed by atoms with Gasteiger partial charge in [-0.05, 0) is 11.6 Å². The second kappa shape index (κ2) is 4.34. The number of rotatable bonds is 3. The minimum absolute atomic E-state index is 0.0779.